The van der Waals surface area contributed by atoms with Crippen LogP contribution in [-0.2, 0) is 9.53 Å². The third-order valence-electron chi connectivity index (χ3n) is 6.89. The van der Waals surface area contributed by atoms with E-state index in [4.69, 9.17) is 28.7 Å². The van der Waals surface area contributed by atoms with Crippen molar-refractivity contribution in [2.45, 2.75) is 19.9 Å². The molecule has 2 aliphatic rings. The molecule has 10 heteroatoms. The van der Waals surface area contributed by atoms with Crippen LogP contribution in [0.5, 0.6) is 23.0 Å². The number of methoxy groups -OCH3 is 1. The molecule has 0 N–H and O–H groups in total. The Hall–Kier alpha value is -4.83. The maximum absolute atomic E-state index is 14.2. The molecule has 0 saturated heterocycles. The molecule has 2 aliphatic heterocycles. The Morgan fingerprint density at radius 3 is 2.62 bits per heavy atom. The lowest BCUT2D eigenvalue weighted by Crippen LogP contribution is -2.40. The monoisotopic (exact) mass is 584 g/mol. The van der Waals surface area contributed by atoms with Crippen LogP contribution in [0.2, 0.25) is 0 Å². The smallest absolute Gasteiger partial charge is 0.338 e. The second-order valence-corrected chi connectivity index (χ2v) is 10.4. The summed E-state index contributed by atoms with van der Waals surface area (Å²) in [4.78, 5) is 33.2. The zero-order chi connectivity index (χ0) is 29.2. The number of carbonyl (C=O) groups is 1. The molecule has 1 aromatic heterocycles. The molecule has 0 radical (unpaired) electrons. The standard InChI is InChI=1S/C32H28N2O7S/c1-4-38-29-21(12-9-13-23(29)37-3)17-25-30(35)34-28(20-14-15-22-24(16-20)41-18-40-22)26(31(36)39-5-2)27(33-32(34)42-25)19-10-7-6-8-11-19/h6-17,28H,4-5,18H2,1-3H3/b25-17-/t28-/m0/s1. The minimum absolute atomic E-state index is 0.0973. The summed E-state index contributed by atoms with van der Waals surface area (Å²) in [6.07, 6.45) is 1.77. The van der Waals surface area contributed by atoms with E-state index >= 15 is 0 Å². The Bertz CT molecular complexity index is 1870. The molecule has 3 aromatic carbocycles. The highest BCUT2D eigenvalue weighted by molar-refractivity contribution is 7.07. The van der Waals surface area contributed by atoms with Crippen molar-refractivity contribution in [2.24, 2.45) is 4.99 Å². The van der Waals surface area contributed by atoms with Gasteiger partial charge in [-0.05, 0) is 43.7 Å². The van der Waals surface area contributed by atoms with Crippen molar-refractivity contribution in [1.82, 2.24) is 4.57 Å². The average molecular weight is 585 g/mol. The molecule has 9 nitrogen and oxygen atoms in total. The first-order valence-electron chi connectivity index (χ1n) is 13.5. The summed E-state index contributed by atoms with van der Waals surface area (Å²) in [6.45, 7) is 4.32. The summed E-state index contributed by atoms with van der Waals surface area (Å²) in [5.74, 6) is 1.68. The maximum Gasteiger partial charge on any atom is 0.338 e. The van der Waals surface area contributed by atoms with Crippen molar-refractivity contribution in [3.8, 4) is 23.0 Å². The Labute approximate surface area is 245 Å². The number of hydrogen-bond donors (Lipinski definition) is 0. The summed E-state index contributed by atoms with van der Waals surface area (Å²) in [6, 6.07) is 19.5. The van der Waals surface area contributed by atoms with Gasteiger partial charge in [0.15, 0.2) is 27.8 Å². The number of ether oxygens (including phenoxy) is 5. The molecular weight excluding hydrogens is 556 g/mol. The third kappa shape index (κ3) is 4.83. The van der Waals surface area contributed by atoms with Gasteiger partial charge in [0.05, 0.1) is 42.2 Å². The van der Waals surface area contributed by atoms with Gasteiger partial charge < -0.3 is 23.7 Å². The molecule has 0 unspecified atom stereocenters. The summed E-state index contributed by atoms with van der Waals surface area (Å²) < 4.78 is 30.1. The molecule has 0 saturated carbocycles. The average Bonchev–Trinajstić information content (AvgIpc) is 3.61. The lowest BCUT2D eigenvalue weighted by atomic mass is 9.93. The highest BCUT2D eigenvalue weighted by Crippen LogP contribution is 2.40. The Morgan fingerprint density at radius 2 is 1.86 bits per heavy atom. The zero-order valence-electron chi connectivity index (χ0n) is 23.3. The fourth-order valence-electron chi connectivity index (χ4n) is 5.09. The van der Waals surface area contributed by atoms with Gasteiger partial charge in [-0.1, -0.05) is 59.9 Å². The molecule has 0 spiro atoms. The first-order chi connectivity index (χ1) is 20.5. The van der Waals surface area contributed by atoms with Crippen LogP contribution in [0.25, 0.3) is 11.8 Å². The van der Waals surface area contributed by atoms with Crippen LogP contribution in [0, 0.1) is 0 Å². The molecule has 1 atom stereocenters. The zero-order valence-corrected chi connectivity index (χ0v) is 24.1. The number of para-hydroxylation sites is 1. The Morgan fingerprint density at radius 1 is 1.05 bits per heavy atom. The number of benzene rings is 3. The van der Waals surface area contributed by atoms with E-state index < -0.39 is 12.0 Å². The lowest BCUT2D eigenvalue weighted by Gasteiger charge is -2.26. The Balaban J connectivity index is 1.64. The number of thiazole rings is 1. The van der Waals surface area contributed by atoms with Crippen LogP contribution < -0.4 is 33.8 Å². The summed E-state index contributed by atoms with van der Waals surface area (Å²) in [7, 11) is 1.57. The summed E-state index contributed by atoms with van der Waals surface area (Å²) in [5, 5.41) is 0. The first-order valence-corrected chi connectivity index (χ1v) is 14.3. The van der Waals surface area contributed by atoms with Crippen LogP contribution >= 0.6 is 11.3 Å². The van der Waals surface area contributed by atoms with Crippen LogP contribution in [0.15, 0.2) is 82.1 Å². The van der Waals surface area contributed by atoms with Gasteiger partial charge in [0.25, 0.3) is 5.56 Å². The number of carbonyl (C=O) groups excluding carboxylic acids is 1. The van der Waals surface area contributed by atoms with E-state index in [0.717, 1.165) is 5.56 Å². The lowest BCUT2D eigenvalue weighted by molar-refractivity contribution is -0.138. The topological polar surface area (TPSA) is 97.6 Å². The largest absolute Gasteiger partial charge is 0.493 e. The SMILES string of the molecule is CCOC(=O)C1=C(c2ccccc2)N=c2s/c(=C\c3cccc(OC)c3OCC)c(=O)n2[C@H]1c1ccc2c(c1)OCO2. The number of fused-ring (bicyclic) bond motifs is 2. The van der Waals surface area contributed by atoms with E-state index in [-0.39, 0.29) is 24.5 Å². The first kappa shape index (κ1) is 27.3. The molecule has 4 aromatic rings. The molecule has 0 fully saturated rings. The fraction of sp³-hybridized carbons (Fsp3) is 0.219. The minimum atomic E-state index is -0.830. The normalized spacial score (nSPS) is 15.7. The number of aromatic nitrogens is 1. The van der Waals surface area contributed by atoms with Gasteiger partial charge in [-0.2, -0.15) is 0 Å². The molecule has 6 rings (SSSR count). The van der Waals surface area contributed by atoms with Crippen LogP contribution in [-0.4, -0.2) is 37.7 Å². The second kappa shape index (κ2) is 11.6. The third-order valence-corrected chi connectivity index (χ3v) is 7.87. The van der Waals surface area contributed by atoms with Gasteiger partial charge in [-0.25, -0.2) is 9.79 Å². The van der Waals surface area contributed by atoms with Gasteiger partial charge in [-0.15, -0.1) is 0 Å². The van der Waals surface area contributed by atoms with Crippen molar-refractivity contribution in [3.63, 3.8) is 0 Å². The van der Waals surface area contributed by atoms with Crippen molar-refractivity contribution < 1.29 is 28.5 Å². The predicted octanol–water partition coefficient (Wildman–Crippen LogP) is 4.07. The quantitative estimate of drug-likeness (QED) is 0.288. The van der Waals surface area contributed by atoms with E-state index in [0.29, 0.717) is 55.8 Å². The highest BCUT2D eigenvalue weighted by atomic mass is 32.1. The Kier molecular flexibility index (Phi) is 7.54. The van der Waals surface area contributed by atoms with E-state index in [1.807, 2.05) is 55.5 Å². The van der Waals surface area contributed by atoms with Crippen molar-refractivity contribution in [1.29, 1.82) is 0 Å². The predicted molar refractivity (Wildman–Crippen MR) is 158 cm³/mol. The highest BCUT2D eigenvalue weighted by Gasteiger charge is 2.36. The number of hydrogen-bond acceptors (Lipinski definition) is 9. The van der Waals surface area contributed by atoms with Gasteiger partial charge in [0.1, 0.15) is 0 Å². The van der Waals surface area contributed by atoms with Crippen LogP contribution in [0.1, 0.15) is 36.6 Å². The number of nitrogens with zero attached hydrogens (tertiary/aromatic N) is 2. The summed E-state index contributed by atoms with van der Waals surface area (Å²) in [5.41, 5.74) is 2.48. The van der Waals surface area contributed by atoms with Gasteiger partial charge in [0.2, 0.25) is 6.79 Å². The fourth-order valence-corrected chi connectivity index (χ4v) is 6.08. The van der Waals surface area contributed by atoms with Gasteiger partial charge in [0, 0.05) is 11.1 Å². The molecule has 0 amide bonds. The van der Waals surface area contributed by atoms with E-state index in [1.165, 1.54) is 11.3 Å². The van der Waals surface area contributed by atoms with Gasteiger partial charge >= 0.3 is 5.97 Å². The van der Waals surface area contributed by atoms with Crippen molar-refractivity contribution in [3.05, 3.63) is 109 Å². The van der Waals surface area contributed by atoms with Crippen LogP contribution in [0.3, 0.4) is 0 Å². The van der Waals surface area contributed by atoms with Crippen molar-refractivity contribution in [2.75, 3.05) is 27.1 Å². The minimum Gasteiger partial charge on any atom is -0.493 e. The van der Waals surface area contributed by atoms with Crippen LogP contribution in [0.4, 0.5) is 0 Å². The molecular formula is C32H28N2O7S. The molecule has 0 bridgehead atoms. The second-order valence-electron chi connectivity index (χ2n) is 9.36. The van der Waals surface area contributed by atoms with Gasteiger partial charge in [-0.3, -0.25) is 9.36 Å². The molecule has 42 heavy (non-hydrogen) atoms. The molecule has 214 valence electrons. The molecule has 3 heterocycles. The van der Waals surface area contributed by atoms with E-state index in [2.05, 4.69) is 0 Å². The number of esters is 1. The molecule has 0 aliphatic carbocycles. The number of rotatable bonds is 8. The van der Waals surface area contributed by atoms with E-state index in [9.17, 15) is 9.59 Å². The summed E-state index contributed by atoms with van der Waals surface area (Å²) >= 11 is 1.24. The maximum atomic E-state index is 14.2. The van der Waals surface area contributed by atoms with Crippen molar-refractivity contribution >= 4 is 29.1 Å². The van der Waals surface area contributed by atoms with E-state index in [1.54, 1.807) is 42.9 Å².